The number of hydrogen-bond donors (Lipinski definition) is 1. The van der Waals surface area contributed by atoms with Crippen LogP contribution in [-0.2, 0) is 28.9 Å². The first kappa shape index (κ1) is 21.3. The number of hydrogen-bond acceptors (Lipinski definition) is 5. The minimum atomic E-state index is -4.41. The fourth-order valence-corrected chi connectivity index (χ4v) is 3.38. The molecule has 5 nitrogen and oxygen atoms in total. The van der Waals surface area contributed by atoms with Crippen LogP contribution < -0.4 is 0 Å². The van der Waals surface area contributed by atoms with E-state index in [0.717, 1.165) is 12.1 Å². The molecule has 2 rings (SSSR count). The molecule has 1 aromatic heterocycles. The molecular weight excluding hydrogens is 381 g/mol. The number of carbonyl (C=O) groups is 1. The van der Waals surface area contributed by atoms with E-state index in [-0.39, 0.29) is 19.1 Å². The molecule has 9 heteroatoms. The van der Waals surface area contributed by atoms with E-state index >= 15 is 0 Å². The Morgan fingerprint density at radius 1 is 1.37 bits per heavy atom. The van der Waals surface area contributed by atoms with Crippen molar-refractivity contribution in [1.82, 2.24) is 9.55 Å². The summed E-state index contributed by atoms with van der Waals surface area (Å²) in [7, 11) is 0. The first-order valence-corrected chi connectivity index (χ1v) is 9.43. The lowest BCUT2D eigenvalue weighted by atomic mass is 10.1. The maximum Gasteiger partial charge on any atom is 0.416 e. The van der Waals surface area contributed by atoms with Gasteiger partial charge in [0.15, 0.2) is 5.16 Å². The van der Waals surface area contributed by atoms with Crippen molar-refractivity contribution >= 4 is 17.7 Å². The van der Waals surface area contributed by atoms with Gasteiger partial charge in [0.2, 0.25) is 0 Å². The number of thioether (sulfide) groups is 1. The number of alkyl halides is 3. The third-order valence-corrected chi connectivity index (χ3v) is 4.80. The summed E-state index contributed by atoms with van der Waals surface area (Å²) in [6.45, 7) is 1.98. The molecule has 1 aromatic carbocycles. The Kier molecular flexibility index (Phi) is 7.73. The van der Waals surface area contributed by atoms with E-state index in [4.69, 9.17) is 4.74 Å². The number of aliphatic hydroxyl groups excluding tert-OH is 1. The number of carbonyl (C=O) groups excluding carboxylic acids is 1. The Morgan fingerprint density at radius 2 is 2.15 bits per heavy atom. The van der Waals surface area contributed by atoms with Crippen molar-refractivity contribution < 1.29 is 27.8 Å². The summed E-state index contributed by atoms with van der Waals surface area (Å²) in [5, 5.41) is 10.1. The van der Waals surface area contributed by atoms with Crippen molar-refractivity contribution in [3.63, 3.8) is 0 Å². The minimum absolute atomic E-state index is 0.167. The monoisotopic (exact) mass is 402 g/mol. The van der Waals surface area contributed by atoms with Gasteiger partial charge in [-0.25, -0.2) is 4.98 Å². The summed E-state index contributed by atoms with van der Waals surface area (Å²) in [5.41, 5.74) is 0.264. The van der Waals surface area contributed by atoms with E-state index in [9.17, 15) is 23.1 Å². The molecule has 0 radical (unpaired) electrons. The van der Waals surface area contributed by atoms with Crippen molar-refractivity contribution in [3.05, 3.63) is 47.3 Å². The zero-order valence-electron chi connectivity index (χ0n) is 14.8. The van der Waals surface area contributed by atoms with Gasteiger partial charge in [0.25, 0.3) is 0 Å². The number of aromatic nitrogens is 2. The van der Waals surface area contributed by atoms with E-state index in [1.54, 1.807) is 17.6 Å². The Balaban J connectivity index is 2.06. The van der Waals surface area contributed by atoms with E-state index in [1.165, 1.54) is 24.0 Å². The molecule has 0 saturated heterocycles. The van der Waals surface area contributed by atoms with Gasteiger partial charge in [-0.2, -0.15) is 13.2 Å². The molecule has 0 amide bonds. The molecular formula is C18H21F3N2O3S. The normalized spacial score (nSPS) is 11.6. The molecule has 1 heterocycles. The first-order chi connectivity index (χ1) is 12.8. The molecule has 2 aromatic rings. The number of nitrogens with zero attached hydrogens (tertiary/aromatic N) is 2. The van der Waals surface area contributed by atoms with Gasteiger partial charge in [0, 0.05) is 18.7 Å². The zero-order chi connectivity index (χ0) is 19.9. The van der Waals surface area contributed by atoms with E-state index in [1.807, 2.05) is 0 Å². The van der Waals surface area contributed by atoms with E-state index < -0.39 is 11.7 Å². The van der Waals surface area contributed by atoms with Crippen LogP contribution in [0.25, 0.3) is 0 Å². The third-order valence-electron chi connectivity index (χ3n) is 3.72. The standard InChI is InChI=1S/C18H21F3N2O3S/c1-2-26-16(25)7-4-8-27-17-22-10-15(12-24)23(17)11-13-5-3-6-14(9-13)18(19,20)21/h3,5-6,9-10,24H,2,4,7-8,11-12H2,1H3. The van der Waals surface area contributed by atoms with Gasteiger partial charge in [-0.05, 0) is 31.0 Å². The molecule has 0 aliphatic rings. The molecule has 0 spiro atoms. The molecule has 0 unspecified atom stereocenters. The maximum absolute atomic E-state index is 12.9. The molecule has 0 aliphatic heterocycles. The number of ether oxygens (including phenoxy) is 1. The summed E-state index contributed by atoms with van der Waals surface area (Å²) in [4.78, 5) is 15.6. The van der Waals surface area contributed by atoms with Crippen LogP contribution in [0.3, 0.4) is 0 Å². The molecule has 148 valence electrons. The maximum atomic E-state index is 12.9. The zero-order valence-corrected chi connectivity index (χ0v) is 15.6. The number of benzene rings is 1. The summed E-state index contributed by atoms with van der Waals surface area (Å²) >= 11 is 1.38. The summed E-state index contributed by atoms with van der Waals surface area (Å²) in [6, 6.07) is 5.08. The molecule has 1 N–H and O–H groups in total. The molecule has 0 saturated carbocycles. The van der Waals surface area contributed by atoms with Crippen LogP contribution in [0.1, 0.15) is 36.6 Å². The van der Waals surface area contributed by atoms with Gasteiger partial charge in [0.1, 0.15) is 0 Å². The van der Waals surface area contributed by atoms with Crippen molar-refractivity contribution in [2.75, 3.05) is 12.4 Å². The SMILES string of the molecule is CCOC(=O)CCCSc1ncc(CO)n1Cc1cccc(C(F)(F)F)c1. The van der Waals surface area contributed by atoms with Gasteiger partial charge in [-0.3, -0.25) is 4.79 Å². The number of imidazole rings is 1. The summed E-state index contributed by atoms with van der Waals surface area (Å²) < 4.78 is 45.2. The van der Waals surface area contributed by atoms with Crippen molar-refractivity contribution in [1.29, 1.82) is 0 Å². The van der Waals surface area contributed by atoms with Gasteiger partial charge in [-0.15, -0.1) is 0 Å². The molecule has 0 bridgehead atoms. The number of rotatable bonds is 9. The van der Waals surface area contributed by atoms with Crippen LogP contribution in [0.15, 0.2) is 35.6 Å². The fraction of sp³-hybridized carbons (Fsp3) is 0.444. The topological polar surface area (TPSA) is 64.3 Å². The van der Waals surface area contributed by atoms with Gasteiger partial charge < -0.3 is 14.4 Å². The smallest absolute Gasteiger partial charge is 0.416 e. The number of halogens is 3. The Morgan fingerprint density at radius 3 is 2.81 bits per heavy atom. The summed E-state index contributed by atoms with van der Waals surface area (Å²) in [6.07, 6.45) is -2.02. The Labute approximate surface area is 159 Å². The fourth-order valence-electron chi connectivity index (χ4n) is 2.44. The predicted molar refractivity (Wildman–Crippen MR) is 95.3 cm³/mol. The van der Waals surface area contributed by atoms with Crippen molar-refractivity contribution in [3.8, 4) is 0 Å². The van der Waals surface area contributed by atoms with Crippen LogP contribution in [0, 0.1) is 0 Å². The number of esters is 1. The van der Waals surface area contributed by atoms with Crippen LogP contribution in [-0.4, -0.2) is 33.0 Å². The van der Waals surface area contributed by atoms with E-state index in [0.29, 0.717) is 41.6 Å². The lowest BCUT2D eigenvalue weighted by molar-refractivity contribution is -0.143. The third kappa shape index (κ3) is 6.28. The van der Waals surface area contributed by atoms with Gasteiger partial charge in [0.05, 0.1) is 30.7 Å². The quantitative estimate of drug-likeness (QED) is 0.392. The van der Waals surface area contributed by atoms with Crippen LogP contribution in [0.2, 0.25) is 0 Å². The van der Waals surface area contributed by atoms with Crippen LogP contribution in [0.4, 0.5) is 13.2 Å². The van der Waals surface area contributed by atoms with Gasteiger partial charge >= 0.3 is 12.1 Å². The molecule has 0 aliphatic carbocycles. The first-order valence-electron chi connectivity index (χ1n) is 8.45. The highest BCUT2D eigenvalue weighted by Gasteiger charge is 2.30. The average Bonchev–Trinajstić information content (AvgIpc) is 3.00. The second-order valence-corrected chi connectivity index (χ2v) is 6.79. The second kappa shape index (κ2) is 9.80. The Bertz CT molecular complexity index is 763. The molecule has 27 heavy (non-hydrogen) atoms. The van der Waals surface area contributed by atoms with Crippen LogP contribution >= 0.6 is 11.8 Å². The predicted octanol–water partition coefficient (Wildman–Crippen LogP) is 3.88. The van der Waals surface area contributed by atoms with Crippen LogP contribution in [0.5, 0.6) is 0 Å². The highest BCUT2D eigenvalue weighted by molar-refractivity contribution is 7.99. The largest absolute Gasteiger partial charge is 0.466 e. The second-order valence-electron chi connectivity index (χ2n) is 5.73. The van der Waals surface area contributed by atoms with Crippen molar-refractivity contribution in [2.24, 2.45) is 0 Å². The number of aliphatic hydroxyl groups is 1. The average molecular weight is 402 g/mol. The van der Waals surface area contributed by atoms with E-state index in [2.05, 4.69) is 4.98 Å². The Hall–Kier alpha value is -2.00. The lowest BCUT2D eigenvalue weighted by Gasteiger charge is -2.13. The highest BCUT2D eigenvalue weighted by Crippen LogP contribution is 2.30. The summed E-state index contributed by atoms with van der Waals surface area (Å²) in [5.74, 6) is 0.338. The highest BCUT2D eigenvalue weighted by atomic mass is 32.2. The molecule has 0 atom stereocenters. The minimum Gasteiger partial charge on any atom is -0.466 e. The van der Waals surface area contributed by atoms with Gasteiger partial charge in [-0.1, -0.05) is 23.9 Å². The molecule has 0 fully saturated rings. The lowest BCUT2D eigenvalue weighted by Crippen LogP contribution is -2.09. The van der Waals surface area contributed by atoms with Crippen molar-refractivity contribution in [2.45, 2.75) is 44.2 Å².